The minimum atomic E-state index is -0.186. The lowest BCUT2D eigenvalue weighted by Gasteiger charge is -2.17. The number of aromatic nitrogens is 3. The number of aryl methyl sites for hydroxylation is 2. The Morgan fingerprint density at radius 1 is 1.36 bits per heavy atom. The van der Waals surface area contributed by atoms with Gasteiger partial charge in [-0.3, -0.25) is 4.79 Å². The van der Waals surface area contributed by atoms with Gasteiger partial charge in [-0.1, -0.05) is 5.16 Å². The Hall–Kier alpha value is -2.48. The van der Waals surface area contributed by atoms with Crippen LogP contribution in [0.3, 0.4) is 0 Å². The van der Waals surface area contributed by atoms with Gasteiger partial charge < -0.3 is 14.7 Å². The predicted octanol–water partition coefficient (Wildman–Crippen LogP) is 2.37. The van der Waals surface area contributed by atoms with Crippen LogP contribution in [0.15, 0.2) is 23.0 Å². The van der Waals surface area contributed by atoms with Crippen LogP contribution in [0.5, 0.6) is 0 Å². The maximum Gasteiger partial charge on any atom is 0.245 e. The van der Waals surface area contributed by atoms with Crippen LogP contribution < -0.4 is 10.2 Å². The zero-order chi connectivity index (χ0) is 15.7. The number of anilines is 2. The van der Waals surface area contributed by atoms with E-state index in [-0.39, 0.29) is 12.5 Å². The first-order valence-electron chi connectivity index (χ1n) is 6.68. The second-order valence-electron chi connectivity index (χ2n) is 5.00. The van der Waals surface area contributed by atoms with E-state index in [0.717, 1.165) is 20.9 Å². The quantitative estimate of drug-likeness (QED) is 0.795. The first-order chi connectivity index (χ1) is 10.5. The van der Waals surface area contributed by atoms with Gasteiger partial charge in [0.15, 0.2) is 5.82 Å². The lowest BCUT2D eigenvalue weighted by atomic mass is 10.3. The lowest BCUT2D eigenvalue weighted by Crippen LogP contribution is -2.30. The van der Waals surface area contributed by atoms with Gasteiger partial charge in [-0.05, 0) is 19.9 Å². The molecule has 0 aliphatic carbocycles. The van der Waals surface area contributed by atoms with Crippen molar-refractivity contribution in [2.24, 2.45) is 0 Å². The second-order valence-corrected chi connectivity index (χ2v) is 6.23. The van der Waals surface area contributed by atoms with E-state index in [0.29, 0.717) is 11.6 Å². The molecule has 0 atom stereocenters. The SMILES string of the molecule is Cc1cc(NC(=O)CN(C)c2ncnc3sc(C)cc23)no1. The molecule has 0 spiro atoms. The molecule has 8 heteroatoms. The van der Waals surface area contributed by atoms with Gasteiger partial charge in [0.2, 0.25) is 5.91 Å². The maximum atomic E-state index is 12.1. The molecular weight excluding hydrogens is 302 g/mol. The smallest absolute Gasteiger partial charge is 0.245 e. The van der Waals surface area contributed by atoms with Crippen molar-refractivity contribution in [2.45, 2.75) is 13.8 Å². The largest absolute Gasteiger partial charge is 0.360 e. The number of hydrogen-bond acceptors (Lipinski definition) is 7. The van der Waals surface area contributed by atoms with E-state index in [4.69, 9.17) is 4.52 Å². The minimum Gasteiger partial charge on any atom is -0.360 e. The summed E-state index contributed by atoms with van der Waals surface area (Å²) in [5.41, 5.74) is 0. The van der Waals surface area contributed by atoms with Crippen LogP contribution in [0, 0.1) is 13.8 Å². The molecule has 3 heterocycles. The minimum absolute atomic E-state index is 0.160. The number of carbonyl (C=O) groups excluding carboxylic acids is 1. The van der Waals surface area contributed by atoms with Crippen molar-refractivity contribution in [3.63, 3.8) is 0 Å². The summed E-state index contributed by atoms with van der Waals surface area (Å²) in [6, 6.07) is 3.70. The van der Waals surface area contributed by atoms with Crippen LogP contribution in [0.1, 0.15) is 10.6 Å². The summed E-state index contributed by atoms with van der Waals surface area (Å²) >= 11 is 1.61. The van der Waals surface area contributed by atoms with E-state index < -0.39 is 0 Å². The van der Waals surface area contributed by atoms with Gasteiger partial charge in [-0.25, -0.2) is 9.97 Å². The molecule has 0 saturated heterocycles. The average Bonchev–Trinajstić information content (AvgIpc) is 3.02. The Morgan fingerprint density at radius 2 is 2.18 bits per heavy atom. The summed E-state index contributed by atoms with van der Waals surface area (Å²) in [5, 5.41) is 7.39. The molecule has 1 N–H and O–H groups in total. The molecule has 7 nitrogen and oxygen atoms in total. The normalized spacial score (nSPS) is 10.9. The van der Waals surface area contributed by atoms with Gasteiger partial charge >= 0.3 is 0 Å². The third kappa shape index (κ3) is 2.91. The van der Waals surface area contributed by atoms with Crippen LogP contribution in [0.2, 0.25) is 0 Å². The van der Waals surface area contributed by atoms with Crippen molar-refractivity contribution in [3.8, 4) is 0 Å². The summed E-state index contributed by atoms with van der Waals surface area (Å²) in [7, 11) is 1.82. The highest BCUT2D eigenvalue weighted by molar-refractivity contribution is 7.18. The predicted molar refractivity (Wildman–Crippen MR) is 85.3 cm³/mol. The molecule has 0 bridgehead atoms. The van der Waals surface area contributed by atoms with Gasteiger partial charge in [0.05, 0.1) is 11.9 Å². The number of amides is 1. The Morgan fingerprint density at radius 3 is 2.91 bits per heavy atom. The van der Waals surface area contributed by atoms with E-state index in [9.17, 15) is 4.79 Å². The van der Waals surface area contributed by atoms with E-state index in [1.165, 1.54) is 6.33 Å². The maximum absolute atomic E-state index is 12.1. The first-order valence-corrected chi connectivity index (χ1v) is 7.50. The van der Waals surface area contributed by atoms with Gasteiger partial charge in [-0.15, -0.1) is 11.3 Å². The number of hydrogen-bond donors (Lipinski definition) is 1. The Bertz CT molecular complexity index is 826. The van der Waals surface area contributed by atoms with Gasteiger partial charge in [-0.2, -0.15) is 0 Å². The standard InChI is InChI=1S/C14H15N5O2S/c1-8-4-11(18-21-8)17-12(20)6-19(3)13-10-5-9(2)22-14(10)16-7-15-13/h4-5,7H,6H2,1-3H3,(H,17,18,20). The van der Waals surface area contributed by atoms with Gasteiger partial charge in [0, 0.05) is 18.0 Å². The van der Waals surface area contributed by atoms with E-state index in [1.54, 1.807) is 29.2 Å². The molecule has 1 amide bonds. The first kappa shape index (κ1) is 14.5. The molecule has 3 aromatic heterocycles. The van der Waals surface area contributed by atoms with Crippen molar-refractivity contribution in [1.29, 1.82) is 0 Å². The summed E-state index contributed by atoms with van der Waals surface area (Å²) in [5.74, 6) is 1.61. The summed E-state index contributed by atoms with van der Waals surface area (Å²) in [4.78, 5) is 24.5. The van der Waals surface area contributed by atoms with Crippen LogP contribution in [0.25, 0.3) is 10.2 Å². The molecule has 0 saturated carbocycles. The zero-order valence-electron chi connectivity index (χ0n) is 12.5. The molecule has 3 rings (SSSR count). The van der Waals surface area contributed by atoms with Crippen LogP contribution in [-0.2, 0) is 4.79 Å². The molecule has 114 valence electrons. The molecular formula is C14H15N5O2S. The van der Waals surface area contributed by atoms with Crippen molar-refractivity contribution in [2.75, 3.05) is 23.8 Å². The highest BCUT2D eigenvalue weighted by Crippen LogP contribution is 2.29. The summed E-state index contributed by atoms with van der Waals surface area (Å²) in [6.07, 6.45) is 1.52. The van der Waals surface area contributed by atoms with Crippen LogP contribution in [-0.4, -0.2) is 34.6 Å². The molecule has 0 fully saturated rings. The van der Waals surface area contributed by atoms with E-state index in [2.05, 4.69) is 20.4 Å². The second kappa shape index (κ2) is 5.72. The fraction of sp³-hybridized carbons (Fsp3) is 0.286. The molecule has 0 aliphatic rings. The molecule has 0 radical (unpaired) electrons. The third-order valence-electron chi connectivity index (χ3n) is 3.07. The zero-order valence-corrected chi connectivity index (χ0v) is 13.3. The number of nitrogens with zero attached hydrogens (tertiary/aromatic N) is 4. The number of carbonyl (C=O) groups is 1. The monoisotopic (exact) mass is 317 g/mol. The topological polar surface area (TPSA) is 84.2 Å². The Kier molecular flexibility index (Phi) is 3.76. The highest BCUT2D eigenvalue weighted by atomic mass is 32.1. The van der Waals surface area contributed by atoms with Crippen molar-refractivity contribution >= 4 is 39.1 Å². The van der Waals surface area contributed by atoms with Crippen molar-refractivity contribution in [1.82, 2.24) is 15.1 Å². The number of fused-ring (bicyclic) bond motifs is 1. The molecule has 3 aromatic rings. The average molecular weight is 317 g/mol. The lowest BCUT2D eigenvalue weighted by molar-refractivity contribution is -0.115. The highest BCUT2D eigenvalue weighted by Gasteiger charge is 2.14. The molecule has 0 aliphatic heterocycles. The number of nitrogens with one attached hydrogen (secondary N) is 1. The Balaban J connectivity index is 1.75. The Labute approximate surface area is 131 Å². The van der Waals surface area contributed by atoms with E-state index >= 15 is 0 Å². The van der Waals surface area contributed by atoms with Gasteiger partial charge in [0.25, 0.3) is 0 Å². The molecule has 0 aromatic carbocycles. The van der Waals surface area contributed by atoms with Crippen molar-refractivity contribution < 1.29 is 9.32 Å². The fourth-order valence-corrected chi connectivity index (χ4v) is 3.01. The van der Waals surface area contributed by atoms with E-state index in [1.807, 2.05) is 20.0 Å². The summed E-state index contributed by atoms with van der Waals surface area (Å²) in [6.45, 7) is 3.95. The van der Waals surface area contributed by atoms with Crippen LogP contribution >= 0.6 is 11.3 Å². The van der Waals surface area contributed by atoms with Gasteiger partial charge in [0.1, 0.15) is 22.7 Å². The summed E-state index contributed by atoms with van der Waals surface area (Å²) < 4.78 is 4.92. The molecule has 22 heavy (non-hydrogen) atoms. The van der Waals surface area contributed by atoms with Crippen LogP contribution in [0.4, 0.5) is 11.6 Å². The number of thiophene rings is 1. The van der Waals surface area contributed by atoms with Crippen molar-refractivity contribution in [3.05, 3.63) is 29.1 Å². The number of rotatable bonds is 4. The fourth-order valence-electron chi connectivity index (χ4n) is 2.17. The third-order valence-corrected chi connectivity index (χ3v) is 4.03. The number of likely N-dealkylation sites (N-methyl/N-ethyl adjacent to an activating group) is 1. The molecule has 0 unspecified atom stereocenters.